The van der Waals surface area contributed by atoms with Gasteiger partial charge in [0.15, 0.2) is 0 Å². The number of hydrogen-bond acceptors (Lipinski definition) is 4. The number of benzene rings is 2. The van der Waals surface area contributed by atoms with Crippen molar-refractivity contribution in [2.24, 2.45) is 0 Å². The molecule has 0 saturated heterocycles. The molecule has 5 nitrogen and oxygen atoms in total. The molecule has 0 fully saturated rings. The zero-order valence-electron chi connectivity index (χ0n) is 17.2. The monoisotopic (exact) mass is 447 g/mol. The molecule has 1 aromatic heterocycles. The number of halogens is 2. The molecule has 0 aliphatic carbocycles. The highest BCUT2D eigenvalue weighted by Gasteiger charge is 2.28. The van der Waals surface area contributed by atoms with Crippen LogP contribution in [0.15, 0.2) is 36.4 Å². The van der Waals surface area contributed by atoms with Crippen molar-refractivity contribution in [2.45, 2.75) is 46.1 Å². The van der Waals surface area contributed by atoms with E-state index in [2.05, 4.69) is 0 Å². The Kier molecular flexibility index (Phi) is 6.44. The van der Waals surface area contributed by atoms with Crippen molar-refractivity contribution in [1.82, 2.24) is 4.57 Å². The van der Waals surface area contributed by atoms with Gasteiger partial charge in [-0.15, -0.1) is 0 Å². The number of esters is 1. The van der Waals surface area contributed by atoms with Crippen molar-refractivity contribution in [3.8, 4) is 5.75 Å². The molecular weight excluding hydrogens is 425 g/mol. The van der Waals surface area contributed by atoms with Gasteiger partial charge in [0.2, 0.25) is 0 Å². The van der Waals surface area contributed by atoms with E-state index in [4.69, 9.17) is 27.9 Å². The lowest BCUT2D eigenvalue weighted by atomic mass is 9.97. The Morgan fingerprint density at radius 3 is 2.43 bits per heavy atom. The third-order valence-electron chi connectivity index (χ3n) is 5.28. The highest BCUT2D eigenvalue weighted by Crippen LogP contribution is 2.35. The Balaban J connectivity index is 2.17. The second kappa shape index (κ2) is 8.70. The second-order valence-electron chi connectivity index (χ2n) is 7.35. The SMILES string of the molecule is CCC(C)OC(=O)C(C)c1c(C)n(C(=O)c2ccc(Cl)c(Cl)c2)c2ccc(O)cc12. The molecule has 0 spiro atoms. The van der Waals surface area contributed by atoms with Crippen LogP contribution in [0.4, 0.5) is 0 Å². The van der Waals surface area contributed by atoms with Crippen LogP contribution in [0.2, 0.25) is 10.0 Å². The molecule has 0 radical (unpaired) electrons. The van der Waals surface area contributed by atoms with Gasteiger partial charge >= 0.3 is 5.97 Å². The van der Waals surface area contributed by atoms with Crippen molar-refractivity contribution in [3.05, 3.63) is 63.3 Å². The maximum Gasteiger partial charge on any atom is 0.313 e. The Hall–Kier alpha value is -2.50. The fourth-order valence-electron chi connectivity index (χ4n) is 3.50. The molecule has 30 heavy (non-hydrogen) atoms. The first kappa shape index (κ1) is 22.2. The summed E-state index contributed by atoms with van der Waals surface area (Å²) in [5.41, 5.74) is 2.18. The van der Waals surface area contributed by atoms with Crippen molar-refractivity contribution in [1.29, 1.82) is 0 Å². The van der Waals surface area contributed by atoms with Gasteiger partial charge in [-0.05, 0) is 69.2 Å². The van der Waals surface area contributed by atoms with Gasteiger partial charge in [-0.3, -0.25) is 14.2 Å². The smallest absolute Gasteiger partial charge is 0.313 e. The predicted molar refractivity (Wildman–Crippen MR) is 119 cm³/mol. The van der Waals surface area contributed by atoms with Crippen LogP contribution in [0.1, 0.15) is 54.7 Å². The summed E-state index contributed by atoms with van der Waals surface area (Å²) in [6.07, 6.45) is 0.496. The van der Waals surface area contributed by atoms with Crippen LogP contribution in [0.5, 0.6) is 5.75 Å². The normalized spacial score (nSPS) is 13.3. The molecule has 0 aliphatic heterocycles. The molecule has 2 unspecified atom stereocenters. The summed E-state index contributed by atoms with van der Waals surface area (Å²) in [6, 6.07) is 9.40. The molecule has 3 rings (SSSR count). The maximum absolute atomic E-state index is 13.3. The van der Waals surface area contributed by atoms with E-state index in [0.717, 1.165) is 0 Å². The first-order valence-corrected chi connectivity index (χ1v) is 10.4. The Bertz CT molecular complexity index is 1140. The molecular formula is C23H23Cl2NO4. The van der Waals surface area contributed by atoms with E-state index in [1.54, 1.807) is 38.1 Å². The number of ether oxygens (including phenoxy) is 1. The highest BCUT2D eigenvalue weighted by atomic mass is 35.5. The average Bonchev–Trinajstić information content (AvgIpc) is 2.99. The zero-order chi connectivity index (χ0) is 22.2. The minimum atomic E-state index is -0.619. The summed E-state index contributed by atoms with van der Waals surface area (Å²) >= 11 is 12.1. The number of carbonyl (C=O) groups excluding carboxylic acids is 2. The molecule has 0 aliphatic rings. The number of rotatable bonds is 5. The lowest BCUT2D eigenvalue weighted by molar-refractivity contribution is -0.149. The number of fused-ring (bicyclic) bond motifs is 1. The second-order valence-corrected chi connectivity index (χ2v) is 8.16. The lowest BCUT2D eigenvalue weighted by Crippen LogP contribution is -2.20. The molecule has 3 aromatic rings. The molecule has 2 aromatic carbocycles. The van der Waals surface area contributed by atoms with Gasteiger partial charge in [0.25, 0.3) is 5.91 Å². The number of aromatic nitrogens is 1. The van der Waals surface area contributed by atoms with Crippen LogP contribution in [0.3, 0.4) is 0 Å². The van der Waals surface area contributed by atoms with Crippen LogP contribution in [0.25, 0.3) is 10.9 Å². The van der Waals surface area contributed by atoms with Crippen LogP contribution >= 0.6 is 23.2 Å². The number of carbonyl (C=O) groups is 2. The number of aromatic hydroxyl groups is 1. The zero-order valence-corrected chi connectivity index (χ0v) is 18.7. The lowest BCUT2D eigenvalue weighted by Gasteiger charge is -2.16. The van der Waals surface area contributed by atoms with Crippen LogP contribution in [0, 0.1) is 6.92 Å². The van der Waals surface area contributed by atoms with Crippen molar-refractivity contribution < 1.29 is 19.4 Å². The highest BCUT2D eigenvalue weighted by molar-refractivity contribution is 6.42. The fourth-order valence-corrected chi connectivity index (χ4v) is 3.80. The fraction of sp³-hybridized carbons (Fsp3) is 0.304. The molecule has 0 bridgehead atoms. The van der Waals surface area contributed by atoms with Gasteiger partial charge in [0.05, 0.1) is 27.6 Å². The molecule has 0 saturated carbocycles. The third-order valence-corrected chi connectivity index (χ3v) is 6.02. The summed E-state index contributed by atoms with van der Waals surface area (Å²) in [5, 5.41) is 11.3. The van der Waals surface area contributed by atoms with Crippen LogP contribution in [-0.4, -0.2) is 27.7 Å². The van der Waals surface area contributed by atoms with Crippen molar-refractivity contribution in [3.63, 3.8) is 0 Å². The first-order valence-electron chi connectivity index (χ1n) is 9.69. The Morgan fingerprint density at radius 1 is 1.10 bits per heavy atom. The van der Waals surface area contributed by atoms with Crippen LogP contribution < -0.4 is 0 Å². The van der Waals surface area contributed by atoms with E-state index in [9.17, 15) is 14.7 Å². The minimum absolute atomic E-state index is 0.0466. The van der Waals surface area contributed by atoms with Crippen molar-refractivity contribution in [2.75, 3.05) is 0 Å². The largest absolute Gasteiger partial charge is 0.508 e. The maximum atomic E-state index is 13.3. The average molecular weight is 448 g/mol. The van der Waals surface area contributed by atoms with Gasteiger partial charge in [0.1, 0.15) is 5.75 Å². The standard InChI is InChI=1S/C23H23Cl2NO4/c1-5-12(2)30-23(29)13(3)21-14(4)26(20-9-7-16(27)11-17(20)21)22(28)15-6-8-18(24)19(25)10-15/h6-13,27H,5H2,1-4H3. The van der Waals surface area contributed by atoms with E-state index < -0.39 is 5.92 Å². The van der Waals surface area contributed by atoms with E-state index in [-0.39, 0.29) is 28.8 Å². The summed E-state index contributed by atoms with van der Waals surface area (Å²) in [4.78, 5) is 26.1. The van der Waals surface area contributed by atoms with Crippen molar-refractivity contribution >= 4 is 46.0 Å². The molecule has 0 amide bonds. The van der Waals surface area contributed by atoms with Gasteiger partial charge in [-0.2, -0.15) is 0 Å². The van der Waals surface area contributed by atoms with Gasteiger partial charge in [0, 0.05) is 16.6 Å². The summed E-state index contributed by atoms with van der Waals surface area (Å²) in [5.74, 6) is -1.26. The van der Waals surface area contributed by atoms with E-state index >= 15 is 0 Å². The van der Waals surface area contributed by atoms with Gasteiger partial charge in [-0.25, -0.2) is 0 Å². The summed E-state index contributed by atoms with van der Waals surface area (Å²) in [6.45, 7) is 7.29. The van der Waals surface area contributed by atoms with E-state index in [1.165, 1.54) is 16.7 Å². The summed E-state index contributed by atoms with van der Waals surface area (Å²) < 4.78 is 7.03. The molecule has 2 atom stereocenters. The Morgan fingerprint density at radius 2 is 1.80 bits per heavy atom. The molecule has 158 valence electrons. The molecule has 7 heteroatoms. The van der Waals surface area contributed by atoms with Gasteiger partial charge < -0.3 is 9.84 Å². The number of phenols is 1. The predicted octanol–water partition coefficient (Wildman–Crippen LogP) is 6.10. The summed E-state index contributed by atoms with van der Waals surface area (Å²) in [7, 11) is 0. The molecule has 1 heterocycles. The minimum Gasteiger partial charge on any atom is -0.508 e. The van der Waals surface area contributed by atoms with Gasteiger partial charge in [-0.1, -0.05) is 30.1 Å². The quantitative estimate of drug-likeness (QED) is 0.479. The number of hydrogen-bond donors (Lipinski definition) is 1. The number of phenolic OH excluding ortho intramolecular Hbond substituents is 1. The third kappa shape index (κ3) is 4.05. The van der Waals surface area contributed by atoms with E-state index in [1.807, 2.05) is 13.8 Å². The first-order chi connectivity index (χ1) is 14.1. The number of nitrogens with zero attached hydrogens (tertiary/aromatic N) is 1. The molecule has 1 N–H and O–H groups in total. The Labute approximate surface area is 185 Å². The van der Waals surface area contributed by atoms with E-state index in [0.29, 0.717) is 39.2 Å². The topological polar surface area (TPSA) is 68.5 Å². The van der Waals surface area contributed by atoms with Crippen LogP contribution in [-0.2, 0) is 9.53 Å².